The number of ether oxygens (including phenoxy) is 4. The van der Waals surface area contributed by atoms with E-state index < -0.39 is 97.5 Å². The smallest absolute Gasteiger partial charge is 0.462 e. The van der Waals surface area contributed by atoms with Gasteiger partial charge in [-0.05, 0) is 173 Å². The van der Waals surface area contributed by atoms with Crippen LogP contribution in [0.25, 0.3) is 0 Å². The summed E-state index contributed by atoms with van der Waals surface area (Å²) in [5.74, 6) is -2.36. The van der Waals surface area contributed by atoms with Gasteiger partial charge in [-0.15, -0.1) is 0 Å². The molecule has 0 radical (unpaired) electrons. The van der Waals surface area contributed by atoms with Crippen LogP contribution in [0.3, 0.4) is 0 Å². The highest BCUT2D eigenvalue weighted by Crippen LogP contribution is 2.45. The summed E-state index contributed by atoms with van der Waals surface area (Å²) in [7, 11) is -10.0. The van der Waals surface area contributed by atoms with Crippen LogP contribution in [-0.4, -0.2) is 96.7 Å². The first-order valence-electron chi connectivity index (χ1n) is 41.7. The van der Waals surface area contributed by atoms with E-state index in [-0.39, 0.29) is 25.7 Å². The normalized spacial score (nSPS) is 14.8. The van der Waals surface area contributed by atoms with Crippen molar-refractivity contribution in [2.75, 3.05) is 39.6 Å². The standard InChI is InChI=1S/C91H146O17P2/c1-5-9-13-17-21-25-29-33-36-39-42-45-48-52-55-59-63-67-71-75-88(93)101-81-86(107-90(95)77-73-69-65-61-57-51-32-28-24-20-16-12-8-4)83-105-109(97,98)103-79-85(92)80-104-110(99,100)106-84-87(108-91(96)78-74-70-66-62-58-54-50-47-44-41-38-35-31-27-23-19-15-11-7-3)82-102-89(94)76-72-68-64-60-56-53-49-46-43-40-37-34-30-26-22-18-14-10-6-2/h10-11,14-16,20-23,25-28,32-38,42-47,53-54,56,58,64,68,85-87,92H,5-9,12-13,17-19,24,29-31,39-41,48-52,55,57,59-63,65-67,69-84H2,1-4H3,(H,97,98)(H,99,100)/b14-10-,15-11-,20-16-,25-21-,26-22-,27-23-,32-28-,36-33-,37-34-,38-35-,45-42-,46-43-,47-44-,56-53-,58-54-,68-64-. The second kappa shape index (κ2) is 80.9. The molecule has 5 unspecified atom stereocenters. The average Bonchev–Trinajstić information content (AvgIpc) is 0.900. The fourth-order valence-electron chi connectivity index (χ4n) is 10.3. The highest BCUT2D eigenvalue weighted by atomic mass is 31.2. The number of aliphatic hydroxyl groups is 1. The molecule has 0 saturated carbocycles. The molecular weight excluding hydrogens is 1430 g/mol. The van der Waals surface area contributed by atoms with Gasteiger partial charge < -0.3 is 33.8 Å². The van der Waals surface area contributed by atoms with E-state index in [9.17, 15) is 43.2 Å². The monoisotopic (exact) mass is 1570 g/mol. The Morgan fingerprint density at radius 2 is 0.509 bits per heavy atom. The quantitative estimate of drug-likeness (QED) is 0.0169. The summed E-state index contributed by atoms with van der Waals surface area (Å²) in [6.45, 7) is 4.39. The van der Waals surface area contributed by atoms with Crippen LogP contribution in [0.2, 0.25) is 0 Å². The Hall–Kier alpha value is -6.10. The molecule has 0 aromatic carbocycles. The molecule has 0 aromatic heterocycles. The first-order chi connectivity index (χ1) is 53.7. The van der Waals surface area contributed by atoms with Crippen molar-refractivity contribution in [1.29, 1.82) is 0 Å². The highest BCUT2D eigenvalue weighted by molar-refractivity contribution is 7.47. The molecule has 110 heavy (non-hydrogen) atoms. The molecule has 3 N–H and O–H groups in total. The number of hydrogen-bond acceptors (Lipinski definition) is 15. The predicted molar refractivity (Wildman–Crippen MR) is 454 cm³/mol. The van der Waals surface area contributed by atoms with Crippen molar-refractivity contribution in [3.05, 3.63) is 194 Å². The number of carbonyl (C=O) groups excluding carboxylic acids is 4. The maximum Gasteiger partial charge on any atom is 0.472 e. The zero-order valence-electron chi connectivity index (χ0n) is 68.1. The Balaban J connectivity index is 5.50. The summed E-state index contributed by atoms with van der Waals surface area (Å²) >= 11 is 0. The molecule has 19 heteroatoms. The topological polar surface area (TPSA) is 237 Å². The summed E-state index contributed by atoms with van der Waals surface area (Å²) in [5, 5.41) is 10.7. The number of phosphoric ester groups is 2. The lowest BCUT2D eigenvalue weighted by Crippen LogP contribution is -2.30. The van der Waals surface area contributed by atoms with Gasteiger partial charge in [0.15, 0.2) is 12.2 Å². The van der Waals surface area contributed by atoms with Crippen LogP contribution >= 0.6 is 15.6 Å². The SMILES string of the molecule is CC/C=C\C/C=C\C/C=C\C/C=C\C/C=C\C/C=C\CCC(=O)OCC(COP(=O)(O)OCC(O)COP(=O)(O)OCC(COC(=O)CCCCCCCC/C=C\C/C=C\C/C=C\CCCCC)OC(=O)CCCCCCC/C=C\C/C=C\CCC)OC(=O)CCCCC/C=C\C/C=C\C/C=C\C/C=C\C/C=C\CC. The molecule has 0 bridgehead atoms. The third kappa shape index (κ3) is 80.0. The van der Waals surface area contributed by atoms with Crippen molar-refractivity contribution in [1.82, 2.24) is 0 Å². The molecule has 0 rings (SSSR count). The molecule has 0 amide bonds. The van der Waals surface area contributed by atoms with Gasteiger partial charge in [-0.25, -0.2) is 9.13 Å². The van der Waals surface area contributed by atoms with Crippen molar-refractivity contribution < 1.29 is 80.2 Å². The largest absolute Gasteiger partial charge is 0.472 e. The first-order valence-corrected chi connectivity index (χ1v) is 44.7. The van der Waals surface area contributed by atoms with E-state index in [0.29, 0.717) is 32.1 Å². The summed E-state index contributed by atoms with van der Waals surface area (Å²) in [6.07, 6.45) is 99.9. The van der Waals surface area contributed by atoms with Gasteiger partial charge in [0.25, 0.3) is 0 Å². The van der Waals surface area contributed by atoms with E-state index in [2.05, 4.69) is 204 Å². The zero-order chi connectivity index (χ0) is 80.3. The lowest BCUT2D eigenvalue weighted by atomic mass is 10.1. The van der Waals surface area contributed by atoms with Gasteiger partial charge in [-0.2, -0.15) is 0 Å². The van der Waals surface area contributed by atoms with Crippen molar-refractivity contribution in [2.24, 2.45) is 0 Å². The number of carbonyl (C=O) groups is 4. The van der Waals surface area contributed by atoms with Crippen molar-refractivity contribution in [3.63, 3.8) is 0 Å². The molecule has 0 saturated heterocycles. The Morgan fingerprint density at radius 1 is 0.264 bits per heavy atom. The molecular formula is C91H146O17P2. The molecule has 0 aliphatic rings. The highest BCUT2D eigenvalue weighted by Gasteiger charge is 2.30. The number of rotatable bonds is 76. The van der Waals surface area contributed by atoms with E-state index >= 15 is 0 Å². The number of allylic oxidation sites excluding steroid dienone is 32. The van der Waals surface area contributed by atoms with Crippen LogP contribution in [0.15, 0.2) is 194 Å². The summed E-state index contributed by atoms with van der Waals surface area (Å²) in [4.78, 5) is 73.2. The Morgan fingerprint density at radius 3 is 0.827 bits per heavy atom. The van der Waals surface area contributed by atoms with Gasteiger partial charge in [0.2, 0.25) is 0 Å². The molecule has 0 spiro atoms. The van der Waals surface area contributed by atoms with Crippen LogP contribution in [0.5, 0.6) is 0 Å². The van der Waals surface area contributed by atoms with Crippen LogP contribution in [0.4, 0.5) is 0 Å². The fraction of sp³-hybridized carbons (Fsp3) is 0.604. The third-order valence-electron chi connectivity index (χ3n) is 16.5. The lowest BCUT2D eigenvalue weighted by Gasteiger charge is -2.21. The Kier molecular flexibility index (Phi) is 76.4. The maximum atomic E-state index is 13.1. The molecule has 0 aliphatic carbocycles. The van der Waals surface area contributed by atoms with Crippen molar-refractivity contribution >= 4 is 39.5 Å². The Bertz CT molecular complexity index is 2850. The van der Waals surface area contributed by atoms with E-state index in [4.69, 9.17) is 37.0 Å². The van der Waals surface area contributed by atoms with Crippen molar-refractivity contribution in [3.8, 4) is 0 Å². The summed E-state index contributed by atoms with van der Waals surface area (Å²) < 4.78 is 68.6. The first kappa shape index (κ1) is 104. The second-order valence-corrected chi connectivity index (χ2v) is 29.8. The number of unbranched alkanes of at least 4 members (excludes halogenated alkanes) is 18. The van der Waals surface area contributed by atoms with E-state index in [1.54, 1.807) is 0 Å². The number of hydrogen-bond donors (Lipinski definition) is 3. The minimum Gasteiger partial charge on any atom is -0.462 e. The van der Waals surface area contributed by atoms with Gasteiger partial charge in [0.1, 0.15) is 19.3 Å². The van der Waals surface area contributed by atoms with Crippen LogP contribution in [0.1, 0.15) is 297 Å². The number of aliphatic hydroxyl groups excluding tert-OH is 1. The van der Waals surface area contributed by atoms with Gasteiger partial charge in [-0.1, -0.05) is 293 Å². The minimum absolute atomic E-state index is 0.0202. The fourth-order valence-corrected chi connectivity index (χ4v) is 11.8. The Labute approximate surface area is 666 Å². The van der Waals surface area contributed by atoms with E-state index in [1.165, 1.54) is 19.3 Å². The minimum atomic E-state index is -5.02. The maximum absolute atomic E-state index is 13.1. The van der Waals surface area contributed by atoms with Crippen LogP contribution in [-0.2, 0) is 65.4 Å². The molecule has 17 nitrogen and oxygen atoms in total. The van der Waals surface area contributed by atoms with Crippen LogP contribution in [0, 0.1) is 0 Å². The number of phosphoric acid groups is 2. The van der Waals surface area contributed by atoms with Crippen molar-refractivity contribution in [2.45, 2.75) is 316 Å². The molecule has 0 heterocycles. The second-order valence-electron chi connectivity index (χ2n) is 26.9. The third-order valence-corrected chi connectivity index (χ3v) is 18.4. The summed E-state index contributed by atoms with van der Waals surface area (Å²) in [5.41, 5.74) is 0. The lowest BCUT2D eigenvalue weighted by molar-refractivity contribution is -0.161. The molecule has 0 aromatic rings. The van der Waals surface area contributed by atoms with E-state index in [1.807, 2.05) is 18.2 Å². The number of esters is 4. The molecule has 5 atom stereocenters. The molecule has 622 valence electrons. The van der Waals surface area contributed by atoms with Gasteiger partial charge in [0.05, 0.1) is 26.4 Å². The van der Waals surface area contributed by atoms with E-state index in [0.717, 1.165) is 193 Å². The molecule has 0 aliphatic heterocycles. The van der Waals surface area contributed by atoms with Crippen LogP contribution < -0.4 is 0 Å². The predicted octanol–water partition coefficient (Wildman–Crippen LogP) is 24.9. The molecule has 0 fully saturated rings. The van der Waals surface area contributed by atoms with Gasteiger partial charge in [-0.3, -0.25) is 37.3 Å². The van der Waals surface area contributed by atoms with Gasteiger partial charge >= 0.3 is 39.5 Å². The average molecular weight is 1570 g/mol. The zero-order valence-corrected chi connectivity index (χ0v) is 69.9. The summed E-state index contributed by atoms with van der Waals surface area (Å²) in [6, 6.07) is 0. The van der Waals surface area contributed by atoms with Gasteiger partial charge in [0, 0.05) is 25.7 Å².